The van der Waals surface area contributed by atoms with Crippen molar-refractivity contribution in [3.8, 4) is 0 Å². The number of benzene rings is 1. The van der Waals surface area contributed by atoms with E-state index in [2.05, 4.69) is 79.9 Å². The molecule has 0 bridgehead atoms. The fraction of sp³-hybridized carbons (Fsp3) is 0.710. The van der Waals surface area contributed by atoms with Gasteiger partial charge in [0.1, 0.15) is 0 Å². The van der Waals surface area contributed by atoms with Gasteiger partial charge in [-0.3, -0.25) is 4.79 Å². The first kappa shape index (κ1) is 34.0. The third-order valence-electron chi connectivity index (χ3n) is 8.28. The third-order valence-corrected chi connectivity index (χ3v) is 17.3. The highest BCUT2D eigenvalue weighted by Crippen LogP contribution is 2.41. The molecule has 4 nitrogen and oxygen atoms in total. The van der Waals surface area contributed by atoms with Crippen LogP contribution in [-0.2, 0) is 25.0 Å². The monoisotopic (exact) mass is 548 g/mol. The van der Waals surface area contributed by atoms with Crippen LogP contribution in [0.25, 0.3) is 0 Å². The topological polar surface area (TPSA) is 44.8 Å². The minimum atomic E-state index is -2.09. The van der Waals surface area contributed by atoms with Gasteiger partial charge in [-0.15, -0.1) is 0 Å². The summed E-state index contributed by atoms with van der Waals surface area (Å²) < 4.78 is 19.9. The summed E-state index contributed by atoms with van der Waals surface area (Å²) in [6.07, 6.45) is 5.90. The summed E-state index contributed by atoms with van der Waals surface area (Å²) in [5.74, 6) is -0.0892. The number of hydrogen-bond donors (Lipinski definition) is 0. The number of rotatable bonds is 15. The first-order chi connectivity index (χ1) is 16.9. The van der Waals surface area contributed by atoms with Crippen LogP contribution < -0.4 is 0 Å². The van der Waals surface area contributed by atoms with Gasteiger partial charge in [-0.25, -0.2) is 0 Å². The van der Waals surface area contributed by atoms with E-state index < -0.39 is 16.6 Å². The standard InChI is InChI=1S/C31H56O4Si2/c1-13-18-28(32)25(2)29(35-37(11,12)31(6,7)8)23-27(34-36(9,10)30(3,4)5)21-17-22-33-24-26-19-15-14-16-20-26/h13-16,18-20,25,27,29H,17,21-24H2,1-12H3/b18-13+/t25-,27-,29+/m1/s1. The molecule has 0 saturated carbocycles. The van der Waals surface area contributed by atoms with Crippen LogP contribution in [0.1, 0.15) is 80.2 Å². The highest BCUT2D eigenvalue weighted by molar-refractivity contribution is 6.74. The smallest absolute Gasteiger partial charge is 0.192 e. The summed E-state index contributed by atoms with van der Waals surface area (Å²) in [4.78, 5) is 13.0. The average molecular weight is 549 g/mol. The van der Waals surface area contributed by atoms with Crippen LogP contribution in [-0.4, -0.2) is 41.2 Å². The van der Waals surface area contributed by atoms with Crippen molar-refractivity contribution in [3.63, 3.8) is 0 Å². The first-order valence-corrected chi connectivity index (χ1v) is 19.9. The minimum absolute atomic E-state index is 0.0249. The first-order valence-electron chi connectivity index (χ1n) is 14.0. The van der Waals surface area contributed by atoms with E-state index in [1.165, 1.54) is 5.56 Å². The number of ether oxygens (including phenoxy) is 1. The summed E-state index contributed by atoms with van der Waals surface area (Å²) in [5, 5.41) is 0.174. The molecule has 37 heavy (non-hydrogen) atoms. The Morgan fingerprint density at radius 3 is 1.97 bits per heavy atom. The van der Waals surface area contributed by atoms with Gasteiger partial charge in [0, 0.05) is 18.6 Å². The Labute approximate surface area is 230 Å². The largest absolute Gasteiger partial charge is 0.414 e. The molecule has 0 aliphatic rings. The van der Waals surface area contributed by atoms with Gasteiger partial charge in [0.2, 0.25) is 0 Å². The van der Waals surface area contributed by atoms with Gasteiger partial charge in [-0.2, -0.15) is 0 Å². The quantitative estimate of drug-likeness (QED) is 0.125. The minimum Gasteiger partial charge on any atom is -0.414 e. The Balaban J connectivity index is 3.08. The fourth-order valence-corrected chi connectivity index (χ4v) is 6.48. The number of carbonyl (C=O) groups is 1. The lowest BCUT2D eigenvalue weighted by Gasteiger charge is -2.43. The molecule has 1 rings (SSSR count). The summed E-state index contributed by atoms with van der Waals surface area (Å²) in [5.41, 5.74) is 1.19. The van der Waals surface area contributed by atoms with Gasteiger partial charge in [0.05, 0.1) is 12.7 Å². The van der Waals surface area contributed by atoms with Crippen molar-refractivity contribution >= 4 is 22.4 Å². The Morgan fingerprint density at radius 1 is 0.919 bits per heavy atom. The van der Waals surface area contributed by atoms with Crippen molar-refractivity contribution in [1.82, 2.24) is 0 Å². The summed E-state index contributed by atoms with van der Waals surface area (Å²) >= 11 is 0. The maximum Gasteiger partial charge on any atom is 0.192 e. The zero-order chi connectivity index (χ0) is 28.5. The molecule has 6 heteroatoms. The second kappa shape index (κ2) is 14.4. The lowest BCUT2D eigenvalue weighted by molar-refractivity contribution is -0.121. The molecule has 0 saturated heterocycles. The van der Waals surface area contributed by atoms with E-state index in [-0.39, 0.29) is 34.0 Å². The number of ketones is 1. The molecule has 0 spiro atoms. The predicted octanol–water partition coefficient (Wildman–Crippen LogP) is 8.94. The highest BCUT2D eigenvalue weighted by atomic mass is 28.4. The fourth-order valence-electron chi connectivity index (χ4n) is 3.66. The molecule has 0 radical (unpaired) electrons. The van der Waals surface area contributed by atoms with E-state index >= 15 is 0 Å². The summed E-state index contributed by atoms with van der Waals surface area (Å²) in [6.45, 7) is 28.0. The molecular weight excluding hydrogens is 493 g/mol. The lowest BCUT2D eigenvalue weighted by Crippen LogP contribution is -2.49. The van der Waals surface area contributed by atoms with E-state index in [1.807, 2.05) is 38.1 Å². The van der Waals surface area contributed by atoms with E-state index in [4.69, 9.17) is 13.6 Å². The third kappa shape index (κ3) is 11.3. The van der Waals surface area contributed by atoms with E-state index in [0.29, 0.717) is 13.2 Å². The number of carbonyl (C=O) groups excluding carboxylic acids is 1. The van der Waals surface area contributed by atoms with Crippen LogP contribution in [0.15, 0.2) is 42.5 Å². The van der Waals surface area contributed by atoms with E-state index in [9.17, 15) is 4.79 Å². The van der Waals surface area contributed by atoms with Gasteiger partial charge >= 0.3 is 0 Å². The second-order valence-electron chi connectivity index (χ2n) is 13.5. The van der Waals surface area contributed by atoms with Crippen molar-refractivity contribution in [2.45, 2.75) is 130 Å². The maximum absolute atomic E-state index is 13.0. The normalized spacial score (nSPS) is 16.1. The molecule has 0 aliphatic carbocycles. The summed E-state index contributed by atoms with van der Waals surface area (Å²) in [7, 11) is -4.10. The molecule has 0 N–H and O–H groups in total. The van der Waals surface area contributed by atoms with E-state index in [1.54, 1.807) is 6.08 Å². The lowest BCUT2D eigenvalue weighted by atomic mass is 9.93. The van der Waals surface area contributed by atoms with Crippen LogP contribution in [0.4, 0.5) is 0 Å². The Morgan fingerprint density at radius 2 is 1.46 bits per heavy atom. The van der Waals surface area contributed by atoms with Crippen molar-refractivity contribution in [3.05, 3.63) is 48.0 Å². The molecule has 3 atom stereocenters. The van der Waals surface area contributed by atoms with Gasteiger partial charge in [0.15, 0.2) is 22.4 Å². The Bertz CT molecular complexity index is 835. The summed E-state index contributed by atoms with van der Waals surface area (Å²) in [6, 6.07) is 10.3. The van der Waals surface area contributed by atoms with Crippen LogP contribution in [0.2, 0.25) is 36.3 Å². The zero-order valence-electron chi connectivity index (χ0n) is 25.9. The molecule has 0 heterocycles. The van der Waals surface area contributed by atoms with Crippen LogP contribution in [0.5, 0.6) is 0 Å². The van der Waals surface area contributed by atoms with Crippen LogP contribution in [0, 0.1) is 5.92 Å². The van der Waals surface area contributed by atoms with Gasteiger partial charge in [0.25, 0.3) is 0 Å². The Kier molecular flexibility index (Phi) is 13.2. The molecule has 0 aromatic heterocycles. The van der Waals surface area contributed by atoms with Crippen molar-refractivity contribution < 1.29 is 18.4 Å². The zero-order valence-corrected chi connectivity index (χ0v) is 27.9. The van der Waals surface area contributed by atoms with Crippen LogP contribution in [0.3, 0.4) is 0 Å². The van der Waals surface area contributed by atoms with E-state index in [0.717, 1.165) is 19.3 Å². The molecular formula is C31H56O4Si2. The van der Waals surface area contributed by atoms with Gasteiger partial charge in [-0.05, 0) is 74.1 Å². The predicted molar refractivity (Wildman–Crippen MR) is 163 cm³/mol. The Hall–Kier alpha value is -1.06. The maximum atomic E-state index is 13.0. The average Bonchev–Trinajstić information content (AvgIpc) is 2.76. The van der Waals surface area contributed by atoms with Crippen molar-refractivity contribution in [2.75, 3.05) is 6.61 Å². The molecule has 0 fully saturated rings. The van der Waals surface area contributed by atoms with Gasteiger partial charge < -0.3 is 13.6 Å². The molecule has 1 aromatic rings. The van der Waals surface area contributed by atoms with Crippen molar-refractivity contribution in [2.24, 2.45) is 5.92 Å². The van der Waals surface area contributed by atoms with Crippen molar-refractivity contribution in [1.29, 1.82) is 0 Å². The molecule has 212 valence electrons. The molecule has 0 aliphatic heterocycles. The SMILES string of the molecule is C/C=C/C(=O)[C@@H](C)[C@H](C[C@@H](CCCOCc1ccccc1)O[Si](C)(C)C(C)(C)C)O[Si](C)(C)C(C)(C)C. The highest BCUT2D eigenvalue weighted by Gasteiger charge is 2.43. The number of allylic oxidation sites excluding steroid dienone is 2. The van der Waals surface area contributed by atoms with Crippen LogP contribution >= 0.6 is 0 Å². The second-order valence-corrected chi connectivity index (χ2v) is 23.0. The molecule has 0 unspecified atom stereocenters. The molecule has 0 amide bonds. The number of hydrogen-bond acceptors (Lipinski definition) is 4. The van der Waals surface area contributed by atoms with Gasteiger partial charge in [-0.1, -0.05) is 84.9 Å². The molecule has 1 aromatic carbocycles.